The van der Waals surface area contributed by atoms with Gasteiger partial charge in [-0.3, -0.25) is 0 Å². The molecule has 1 aromatic carbocycles. The smallest absolute Gasteiger partial charge is 0.355 e. The van der Waals surface area contributed by atoms with Crippen molar-refractivity contribution >= 4 is 11.7 Å². The highest BCUT2D eigenvalue weighted by Gasteiger charge is 3.04. The Morgan fingerprint density at radius 2 is 1.79 bits per heavy atom. The van der Waals surface area contributed by atoms with Crippen LogP contribution in [-0.2, 0) is 14.2 Å². The van der Waals surface area contributed by atoms with E-state index in [2.05, 4.69) is 21.8 Å². The highest BCUT2D eigenvalue weighted by molar-refractivity contribution is 5.87. The van der Waals surface area contributed by atoms with Gasteiger partial charge >= 0.3 is 5.97 Å². The molecule has 2 aromatic rings. The summed E-state index contributed by atoms with van der Waals surface area (Å²) in [7, 11) is 0. The van der Waals surface area contributed by atoms with E-state index in [1.54, 1.807) is 50.2 Å². The number of H-pyrrole nitrogens is 1. The van der Waals surface area contributed by atoms with E-state index in [1.165, 1.54) is 26.1 Å². The summed E-state index contributed by atoms with van der Waals surface area (Å²) in [6, 6.07) is 11.6. The van der Waals surface area contributed by atoms with Crippen LogP contribution < -0.4 is 0 Å². The van der Waals surface area contributed by atoms with Crippen LogP contribution >= 0.6 is 0 Å². The average Bonchev–Trinajstić information content (AvgIpc) is 3.54. The summed E-state index contributed by atoms with van der Waals surface area (Å²) in [6.07, 6.45) is -2.39. The number of fused-ring (bicyclic) bond motifs is 4. The molecule has 0 radical (unpaired) electrons. The van der Waals surface area contributed by atoms with Crippen LogP contribution in [0.5, 0.6) is 0 Å². The van der Waals surface area contributed by atoms with Crippen LogP contribution in [0.25, 0.3) is 0 Å². The van der Waals surface area contributed by atoms with Crippen molar-refractivity contribution in [3.05, 3.63) is 66.5 Å². The van der Waals surface area contributed by atoms with Crippen molar-refractivity contribution in [1.82, 2.24) is 4.98 Å². The Morgan fingerprint density at radius 3 is 2.42 bits per heavy atom. The van der Waals surface area contributed by atoms with Gasteiger partial charge in [0, 0.05) is 12.6 Å². The number of benzene rings is 1. The predicted octanol–water partition coefficient (Wildman–Crippen LogP) is 2.46. The van der Waals surface area contributed by atoms with Gasteiger partial charge in [0.25, 0.3) is 0 Å². The Hall–Kier alpha value is -2.97. The zero-order valence-electron chi connectivity index (χ0n) is 24.4. The van der Waals surface area contributed by atoms with Gasteiger partial charge in [-0.2, -0.15) is 5.11 Å². The minimum absolute atomic E-state index is 0.0487. The third kappa shape index (κ3) is 2.69. The van der Waals surface area contributed by atoms with Gasteiger partial charge in [0.15, 0.2) is 17.5 Å². The number of aliphatic hydroxyl groups is 5. The third-order valence-electron chi connectivity index (χ3n) is 11.6. The molecular weight excluding hydrogens is 558 g/mol. The number of carbonyl (C=O) groups excluding carboxylic acids is 1. The molecule has 5 heterocycles. The van der Waals surface area contributed by atoms with Crippen molar-refractivity contribution in [2.45, 2.75) is 93.3 Å². The van der Waals surface area contributed by atoms with E-state index in [4.69, 9.17) is 14.2 Å². The maximum atomic E-state index is 13.5. The van der Waals surface area contributed by atoms with Crippen LogP contribution in [0.15, 0.2) is 71.0 Å². The molecule has 43 heavy (non-hydrogen) atoms. The first kappa shape index (κ1) is 28.8. The van der Waals surface area contributed by atoms with Gasteiger partial charge < -0.3 is 44.7 Å². The molecule has 230 valence electrons. The van der Waals surface area contributed by atoms with Crippen molar-refractivity contribution < 1.29 is 44.5 Å². The molecule has 5 bridgehead atoms. The van der Waals surface area contributed by atoms with Crippen LogP contribution in [0.3, 0.4) is 0 Å². The molecule has 6 N–H and O–H groups in total. The lowest BCUT2D eigenvalue weighted by atomic mass is 9.43. The Kier molecular flexibility index (Phi) is 5.48. The number of ether oxygens (including phenoxy) is 3. The highest BCUT2D eigenvalue weighted by Crippen LogP contribution is 2.85. The van der Waals surface area contributed by atoms with Crippen molar-refractivity contribution in [2.24, 2.45) is 27.0 Å². The molecule has 10 atom stereocenters. The molecule has 4 aliphatic heterocycles. The lowest BCUT2D eigenvalue weighted by Crippen LogP contribution is -2.94. The summed E-state index contributed by atoms with van der Waals surface area (Å²) < 4.78 is 19.1. The topological polar surface area (TPSA) is 186 Å². The number of rotatable bonds is 5. The van der Waals surface area contributed by atoms with E-state index in [1.807, 2.05) is 0 Å². The molecule has 12 heteroatoms. The van der Waals surface area contributed by atoms with Gasteiger partial charge in [0.05, 0.1) is 11.1 Å². The third-order valence-corrected chi connectivity index (χ3v) is 11.6. The largest absolute Gasteiger partial charge is 0.449 e. The summed E-state index contributed by atoms with van der Waals surface area (Å²) in [5.41, 5.74) is -12.5. The zero-order valence-corrected chi connectivity index (χ0v) is 24.4. The van der Waals surface area contributed by atoms with Gasteiger partial charge in [-0.25, -0.2) is 4.79 Å². The number of aliphatic hydroxyl groups excluding tert-OH is 1. The van der Waals surface area contributed by atoms with Crippen LogP contribution in [0.4, 0.5) is 5.69 Å². The number of esters is 1. The van der Waals surface area contributed by atoms with E-state index in [0.717, 1.165) is 0 Å². The molecule has 1 aliphatic carbocycles. The lowest BCUT2D eigenvalue weighted by molar-refractivity contribution is -0.516. The van der Waals surface area contributed by atoms with E-state index in [9.17, 15) is 30.3 Å². The van der Waals surface area contributed by atoms with Crippen LogP contribution in [0.1, 0.15) is 57.4 Å². The van der Waals surface area contributed by atoms with E-state index >= 15 is 0 Å². The van der Waals surface area contributed by atoms with E-state index < -0.39 is 75.4 Å². The second kappa shape index (κ2) is 8.19. The first-order valence-electron chi connectivity index (χ1n) is 14.5. The fourth-order valence-corrected chi connectivity index (χ4v) is 9.30. The summed E-state index contributed by atoms with van der Waals surface area (Å²) in [5.74, 6) is -6.81. The van der Waals surface area contributed by atoms with E-state index in [0.29, 0.717) is 5.69 Å². The maximum Gasteiger partial charge on any atom is 0.355 e. The van der Waals surface area contributed by atoms with Crippen molar-refractivity contribution in [2.75, 3.05) is 0 Å². The molecule has 1 spiro atoms. The molecule has 5 aliphatic rings. The first-order chi connectivity index (χ1) is 20.1. The van der Waals surface area contributed by atoms with Crippen LogP contribution in [0.2, 0.25) is 0 Å². The minimum atomic E-state index is -2.67. The summed E-state index contributed by atoms with van der Waals surface area (Å²) in [4.78, 5) is 16.2. The summed E-state index contributed by atoms with van der Waals surface area (Å²) >= 11 is 0. The van der Waals surface area contributed by atoms with Gasteiger partial charge in [0.1, 0.15) is 28.4 Å². The monoisotopic (exact) mass is 595 g/mol. The number of nitrogens with one attached hydrogen (secondary N) is 1. The number of carbonyl (C=O) groups is 1. The number of aromatic nitrogens is 1. The first-order valence-corrected chi connectivity index (χ1v) is 14.5. The van der Waals surface area contributed by atoms with Gasteiger partial charge in [-0.05, 0) is 55.5 Å². The number of nitrogens with zero attached hydrogens (tertiary/aromatic N) is 2. The molecule has 0 amide bonds. The Labute approximate surface area is 248 Å². The molecular formula is C31H37N3O9. The maximum absolute atomic E-state index is 13.5. The number of hydrogen-bond acceptors (Lipinski definition) is 11. The molecule has 12 nitrogen and oxygen atoms in total. The number of hydrogen-bond donors (Lipinski definition) is 6. The Balaban J connectivity index is 1.58. The van der Waals surface area contributed by atoms with Gasteiger partial charge in [0.2, 0.25) is 11.5 Å². The second-order valence-corrected chi connectivity index (χ2v) is 13.5. The van der Waals surface area contributed by atoms with Gasteiger partial charge in [-0.1, -0.05) is 45.5 Å². The van der Waals surface area contributed by atoms with Crippen molar-refractivity contribution in [3.63, 3.8) is 0 Å². The SMILES string of the molecule is C=C1CC[C@]2(O)[C@]3(C)C[C@]4(O)O[C@@]2([C@@H]1O)[C@]1(N=Nc2ccccc2)O[C@@]3(O)[C@H](OC(=O)c2ccc[nH]2)[C@](O)(C(C)C)[C@@]14C. The molecule has 1 aromatic heterocycles. The van der Waals surface area contributed by atoms with E-state index in [-0.39, 0.29) is 24.1 Å². The average molecular weight is 596 g/mol. The molecule has 0 unspecified atom stereocenters. The summed E-state index contributed by atoms with van der Waals surface area (Å²) in [6.45, 7) is 10.2. The van der Waals surface area contributed by atoms with Crippen LogP contribution in [-0.4, -0.2) is 82.8 Å². The number of azo groups is 1. The van der Waals surface area contributed by atoms with Crippen molar-refractivity contribution in [3.8, 4) is 0 Å². The van der Waals surface area contributed by atoms with Crippen molar-refractivity contribution in [1.29, 1.82) is 0 Å². The molecule has 7 rings (SSSR count). The standard InChI is InChI=1S/C31H37N3O9/c1-17(2)28(39)23(41-22(36)20-12-9-15-32-20)30(40)24(4)16-27(38)25(28,5)31(43-30,34-33-19-10-7-6-8-11-19)29(42-27)21(35)18(3)13-14-26(24,29)37/h6-12,15,17,21,23,32,35,37-40H,3,13-14,16H2,1-2,4-5H3/t21-,23-,24+,25+,26+,27+,28-,29-,30+,31-/m1/s1. The Bertz CT molecular complexity index is 1550. The molecule has 5 fully saturated rings. The lowest BCUT2D eigenvalue weighted by Gasteiger charge is -2.74. The summed E-state index contributed by atoms with van der Waals surface area (Å²) in [5, 5.41) is 72.6. The minimum Gasteiger partial charge on any atom is -0.449 e. The normalized spacial score (nSPS) is 49.6. The Morgan fingerprint density at radius 1 is 1.09 bits per heavy atom. The molecule has 4 saturated heterocycles. The van der Waals surface area contributed by atoms with Crippen LogP contribution in [0, 0.1) is 16.7 Å². The quantitative estimate of drug-likeness (QED) is 0.172. The predicted molar refractivity (Wildman–Crippen MR) is 148 cm³/mol. The fraction of sp³-hybridized carbons (Fsp3) is 0.581. The number of aromatic amines is 1. The molecule has 1 saturated carbocycles. The zero-order chi connectivity index (χ0) is 31.1. The van der Waals surface area contributed by atoms with Gasteiger partial charge in [-0.15, -0.1) is 5.11 Å². The second-order valence-electron chi connectivity index (χ2n) is 13.5. The highest BCUT2D eigenvalue weighted by atomic mass is 16.8. The fourth-order valence-electron chi connectivity index (χ4n) is 9.30.